The van der Waals surface area contributed by atoms with E-state index in [2.05, 4.69) is 51.6 Å². The van der Waals surface area contributed by atoms with Gasteiger partial charge in [0.2, 0.25) is 0 Å². The summed E-state index contributed by atoms with van der Waals surface area (Å²) in [7, 11) is 0. The molecular formula is C12H18Br2N4S2. The predicted octanol–water partition coefficient (Wildman–Crippen LogP) is 2.34. The van der Waals surface area contributed by atoms with E-state index in [1.54, 1.807) is 0 Å². The van der Waals surface area contributed by atoms with Crippen molar-refractivity contribution in [1.82, 2.24) is 9.80 Å². The molecule has 1 fully saturated rings. The smallest absolute Gasteiger partial charge is 0.159 e. The predicted molar refractivity (Wildman–Crippen MR) is 98.1 cm³/mol. The Morgan fingerprint density at radius 1 is 0.850 bits per heavy atom. The van der Waals surface area contributed by atoms with E-state index < -0.39 is 0 Å². The van der Waals surface area contributed by atoms with Crippen molar-refractivity contribution in [2.75, 3.05) is 49.9 Å². The molecule has 4 nitrogen and oxygen atoms in total. The standard InChI is InChI=1S/C12H18Br2N4S2/c13-5-9-7-15-11(19-9)17-1-2-18(4-3-17)12-16-8-10(6-14)20-12/h9-10H,1-8H2/t9-,10+. The van der Waals surface area contributed by atoms with Crippen molar-refractivity contribution in [2.45, 2.75) is 10.5 Å². The lowest BCUT2D eigenvalue weighted by Gasteiger charge is -2.36. The average Bonchev–Trinajstić information content (AvgIpc) is 3.16. The first-order valence-corrected chi connectivity index (χ1v) is 10.8. The van der Waals surface area contributed by atoms with E-state index in [4.69, 9.17) is 0 Å². The quantitative estimate of drug-likeness (QED) is 0.615. The minimum atomic E-state index is 0.623. The first-order valence-electron chi connectivity index (χ1n) is 6.84. The van der Waals surface area contributed by atoms with E-state index in [1.165, 1.54) is 10.3 Å². The molecule has 0 saturated carbocycles. The van der Waals surface area contributed by atoms with Gasteiger partial charge in [0, 0.05) is 47.3 Å². The second-order valence-corrected chi connectivity index (χ2v) is 8.84. The molecule has 0 bridgehead atoms. The van der Waals surface area contributed by atoms with Gasteiger partial charge in [0.1, 0.15) is 0 Å². The highest BCUT2D eigenvalue weighted by atomic mass is 79.9. The van der Waals surface area contributed by atoms with E-state index in [0.29, 0.717) is 10.5 Å². The Morgan fingerprint density at radius 2 is 1.25 bits per heavy atom. The van der Waals surface area contributed by atoms with E-state index in [9.17, 15) is 0 Å². The fourth-order valence-corrected chi connectivity index (χ4v) is 5.59. The van der Waals surface area contributed by atoms with Crippen LogP contribution in [0.1, 0.15) is 0 Å². The number of alkyl halides is 2. The second kappa shape index (κ2) is 7.24. The summed E-state index contributed by atoms with van der Waals surface area (Å²) in [5.41, 5.74) is 0. The summed E-state index contributed by atoms with van der Waals surface area (Å²) in [6.07, 6.45) is 0. The van der Waals surface area contributed by atoms with Crippen LogP contribution in [0.4, 0.5) is 0 Å². The number of hydrogen-bond acceptors (Lipinski definition) is 6. The Labute approximate surface area is 145 Å². The third-order valence-corrected chi connectivity index (χ3v) is 8.48. The molecule has 0 radical (unpaired) electrons. The number of aliphatic imine (C=N–C) groups is 2. The molecule has 112 valence electrons. The molecule has 20 heavy (non-hydrogen) atoms. The molecule has 0 aromatic rings. The number of rotatable bonds is 2. The van der Waals surface area contributed by atoms with E-state index in [-0.39, 0.29) is 0 Å². The maximum absolute atomic E-state index is 4.67. The molecule has 0 amide bonds. The van der Waals surface area contributed by atoms with Crippen molar-refractivity contribution in [2.24, 2.45) is 9.98 Å². The van der Waals surface area contributed by atoms with E-state index >= 15 is 0 Å². The van der Waals surface area contributed by atoms with Crippen LogP contribution in [0.3, 0.4) is 0 Å². The number of hydrogen-bond donors (Lipinski definition) is 0. The fraction of sp³-hybridized carbons (Fsp3) is 0.833. The first kappa shape index (κ1) is 15.5. The highest BCUT2D eigenvalue weighted by Crippen LogP contribution is 2.28. The van der Waals surface area contributed by atoms with Gasteiger partial charge in [-0.15, -0.1) is 0 Å². The summed E-state index contributed by atoms with van der Waals surface area (Å²) in [5, 5.41) is 5.80. The second-order valence-electron chi connectivity index (χ2n) is 5.01. The SMILES string of the molecule is BrC[C@@H]1CN=C(N2CCN(C3=NC[C@H](CBr)S3)CC2)S1. The van der Waals surface area contributed by atoms with Crippen LogP contribution in [0.25, 0.3) is 0 Å². The summed E-state index contributed by atoms with van der Waals surface area (Å²) in [5.74, 6) is 0. The molecule has 0 unspecified atom stereocenters. The Balaban J connectivity index is 1.48. The zero-order chi connectivity index (χ0) is 13.9. The number of piperazine rings is 1. The first-order chi connectivity index (χ1) is 9.80. The fourth-order valence-electron chi connectivity index (χ4n) is 2.41. The third-order valence-electron chi connectivity index (χ3n) is 3.57. The van der Waals surface area contributed by atoms with Crippen LogP contribution in [-0.4, -0.2) is 80.6 Å². The summed E-state index contributed by atoms with van der Waals surface area (Å²) < 4.78 is 0. The minimum absolute atomic E-state index is 0.623. The van der Waals surface area contributed by atoms with Gasteiger partial charge in [-0.2, -0.15) is 0 Å². The Morgan fingerprint density at radius 3 is 1.55 bits per heavy atom. The van der Waals surface area contributed by atoms with Crippen molar-refractivity contribution >= 4 is 65.7 Å². The zero-order valence-corrected chi connectivity index (χ0v) is 16.0. The van der Waals surface area contributed by atoms with E-state index in [1.807, 2.05) is 23.5 Å². The average molecular weight is 442 g/mol. The van der Waals surface area contributed by atoms with Gasteiger partial charge in [-0.3, -0.25) is 9.98 Å². The molecule has 3 aliphatic rings. The number of halogens is 2. The maximum atomic E-state index is 4.67. The van der Waals surface area contributed by atoms with Crippen LogP contribution in [0.2, 0.25) is 0 Å². The Kier molecular flexibility index (Phi) is 5.61. The maximum Gasteiger partial charge on any atom is 0.159 e. The molecule has 0 aromatic heterocycles. The normalized spacial score (nSPS) is 30.7. The van der Waals surface area contributed by atoms with Crippen LogP contribution < -0.4 is 0 Å². The molecule has 1 saturated heterocycles. The Hall–Kier alpha value is 0.600. The molecule has 0 spiro atoms. The summed E-state index contributed by atoms with van der Waals surface area (Å²) in [4.78, 5) is 14.2. The van der Waals surface area contributed by atoms with Gasteiger partial charge in [-0.25, -0.2) is 0 Å². The zero-order valence-electron chi connectivity index (χ0n) is 11.2. The molecule has 0 aliphatic carbocycles. The van der Waals surface area contributed by atoms with E-state index in [0.717, 1.165) is 49.9 Å². The van der Waals surface area contributed by atoms with Gasteiger partial charge in [0.05, 0.1) is 13.1 Å². The summed E-state index contributed by atoms with van der Waals surface area (Å²) in [6.45, 7) is 6.19. The number of nitrogens with zero attached hydrogens (tertiary/aromatic N) is 4. The monoisotopic (exact) mass is 440 g/mol. The molecule has 2 atom stereocenters. The van der Waals surface area contributed by atoms with Gasteiger partial charge in [-0.1, -0.05) is 55.4 Å². The van der Waals surface area contributed by atoms with Crippen molar-refractivity contribution < 1.29 is 0 Å². The molecule has 0 N–H and O–H groups in total. The van der Waals surface area contributed by atoms with Crippen molar-refractivity contribution in [3.8, 4) is 0 Å². The molecule has 3 heterocycles. The third kappa shape index (κ3) is 3.50. The highest BCUT2D eigenvalue weighted by molar-refractivity contribution is 9.09. The highest BCUT2D eigenvalue weighted by Gasteiger charge is 2.29. The van der Waals surface area contributed by atoms with Crippen LogP contribution in [0.15, 0.2) is 9.98 Å². The van der Waals surface area contributed by atoms with Gasteiger partial charge in [0.25, 0.3) is 0 Å². The lowest BCUT2D eigenvalue weighted by atomic mass is 10.3. The van der Waals surface area contributed by atoms with Crippen LogP contribution >= 0.6 is 55.4 Å². The molecule has 8 heteroatoms. The molecular weight excluding hydrogens is 424 g/mol. The van der Waals surface area contributed by atoms with Crippen LogP contribution in [0.5, 0.6) is 0 Å². The van der Waals surface area contributed by atoms with Crippen LogP contribution in [-0.2, 0) is 0 Å². The largest absolute Gasteiger partial charge is 0.348 e. The van der Waals surface area contributed by atoms with Crippen molar-refractivity contribution in [3.63, 3.8) is 0 Å². The topological polar surface area (TPSA) is 31.2 Å². The minimum Gasteiger partial charge on any atom is -0.348 e. The molecule has 3 aliphatic heterocycles. The molecule has 3 rings (SSSR count). The molecule has 0 aromatic carbocycles. The van der Waals surface area contributed by atoms with Gasteiger partial charge >= 0.3 is 0 Å². The number of amidine groups is 2. The summed E-state index contributed by atoms with van der Waals surface area (Å²) in [6, 6.07) is 0. The van der Waals surface area contributed by atoms with Gasteiger partial charge in [0.15, 0.2) is 10.3 Å². The van der Waals surface area contributed by atoms with Gasteiger partial charge in [-0.05, 0) is 0 Å². The summed E-state index contributed by atoms with van der Waals surface area (Å²) >= 11 is 10.9. The lowest BCUT2D eigenvalue weighted by Crippen LogP contribution is -2.49. The van der Waals surface area contributed by atoms with Gasteiger partial charge < -0.3 is 9.80 Å². The van der Waals surface area contributed by atoms with Crippen LogP contribution in [0, 0.1) is 0 Å². The Bertz CT molecular complexity index is 372. The lowest BCUT2D eigenvalue weighted by molar-refractivity contribution is 0.265. The van der Waals surface area contributed by atoms with Crippen molar-refractivity contribution in [3.05, 3.63) is 0 Å². The van der Waals surface area contributed by atoms with Crippen molar-refractivity contribution in [1.29, 1.82) is 0 Å². The number of thioether (sulfide) groups is 2.